The SMILES string of the molecule is O=C(O)c1ncn(-c2cccc(Cl)c2)c1-c1ccc(F)cc1. The lowest BCUT2D eigenvalue weighted by Gasteiger charge is -2.10. The molecule has 0 spiro atoms. The first-order valence-electron chi connectivity index (χ1n) is 6.39. The molecule has 0 aliphatic heterocycles. The van der Waals surface area contributed by atoms with Gasteiger partial charge >= 0.3 is 5.97 Å². The smallest absolute Gasteiger partial charge is 0.356 e. The molecule has 0 bridgehead atoms. The van der Waals surface area contributed by atoms with Crippen LogP contribution in [0.5, 0.6) is 0 Å². The van der Waals surface area contributed by atoms with Gasteiger partial charge in [0.1, 0.15) is 12.1 Å². The molecule has 0 amide bonds. The number of imidazole rings is 1. The van der Waals surface area contributed by atoms with Crippen LogP contribution in [0.2, 0.25) is 5.02 Å². The molecule has 4 nitrogen and oxygen atoms in total. The Morgan fingerprint density at radius 1 is 1.18 bits per heavy atom. The predicted molar refractivity (Wildman–Crippen MR) is 80.9 cm³/mol. The second-order valence-corrected chi connectivity index (χ2v) is 5.04. The molecular weight excluding hydrogens is 307 g/mol. The molecule has 1 aromatic heterocycles. The van der Waals surface area contributed by atoms with Gasteiger partial charge in [-0.05, 0) is 42.5 Å². The molecule has 0 saturated carbocycles. The van der Waals surface area contributed by atoms with Crippen LogP contribution >= 0.6 is 11.6 Å². The van der Waals surface area contributed by atoms with E-state index >= 15 is 0 Å². The summed E-state index contributed by atoms with van der Waals surface area (Å²) in [6.45, 7) is 0. The Kier molecular flexibility index (Phi) is 3.65. The third kappa shape index (κ3) is 2.58. The number of halogens is 2. The van der Waals surface area contributed by atoms with Crippen LogP contribution in [0.4, 0.5) is 4.39 Å². The fourth-order valence-corrected chi connectivity index (χ4v) is 2.39. The van der Waals surface area contributed by atoms with Crippen molar-refractivity contribution in [1.82, 2.24) is 9.55 Å². The Hall–Kier alpha value is -2.66. The van der Waals surface area contributed by atoms with Crippen molar-refractivity contribution < 1.29 is 14.3 Å². The van der Waals surface area contributed by atoms with E-state index in [1.165, 1.54) is 30.6 Å². The van der Waals surface area contributed by atoms with Crippen LogP contribution in [0.1, 0.15) is 10.5 Å². The summed E-state index contributed by atoms with van der Waals surface area (Å²) in [6, 6.07) is 12.5. The standard InChI is InChI=1S/C16H10ClFN2O2/c17-11-2-1-3-13(8-11)20-9-19-14(16(21)22)15(20)10-4-6-12(18)7-5-10/h1-9H,(H,21,22). The highest BCUT2D eigenvalue weighted by Crippen LogP contribution is 2.27. The van der Waals surface area contributed by atoms with E-state index in [-0.39, 0.29) is 5.69 Å². The number of benzene rings is 2. The Bertz CT molecular complexity index is 844. The number of rotatable bonds is 3. The van der Waals surface area contributed by atoms with Gasteiger partial charge in [-0.3, -0.25) is 4.57 Å². The van der Waals surface area contributed by atoms with Gasteiger partial charge in [0.25, 0.3) is 0 Å². The van der Waals surface area contributed by atoms with Crippen molar-refractivity contribution in [1.29, 1.82) is 0 Å². The molecule has 0 atom stereocenters. The van der Waals surface area contributed by atoms with Gasteiger partial charge in [-0.2, -0.15) is 0 Å². The number of aromatic nitrogens is 2. The summed E-state index contributed by atoms with van der Waals surface area (Å²) in [5, 5.41) is 9.84. The highest BCUT2D eigenvalue weighted by molar-refractivity contribution is 6.30. The van der Waals surface area contributed by atoms with Crippen molar-refractivity contribution >= 4 is 17.6 Å². The zero-order chi connectivity index (χ0) is 15.7. The third-order valence-corrected chi connectivity index (χ3v) is 3.41. The number of carbonyl (C=O) groups is 1. The van der Waals surface area contributed by atoms with Gasteiger partial charge < -0.3 is 5.11 Å². The lowest BCUT2D eigenvalue weighted by Crippen LogP contribution is -2.02. The first kappa shape index (κ1) is 14.3. The summed E-state index contributed by atoms with van der Waals surface area (Å²) in [6.07, 6.45) is 1.41. The van der Waals surface area contributed by atoms with E-state index in [0.717, 1.165) is 0 Å². The fraction of sp³-hybridized carbons (Fsp3) is 0. The van der Waals surface area contributed by atoms with Crippen LogP contribution in [0, 0.1) is 5.82 Å². The maximum atomic E-state index is 13.1. The van der Waals surface area contributed by atoms with Crippen LogP contribution in [0.25, 0.3) is 16.9 Å². The maximum absolute atomic E-state index is 13.1. The first-order chi connectivity index (χ1) is 10.6. The molecule has 1 N–H and O–H groups in total. The van der Waals surface area contributed by atoms with E-state index in [1.54, 1.807) is 28.8 Å². The minimum atomic E-state index is -1.15. The molecule has 6 heteroatoms. The molecule has 2 aromatic carbocycles. The topological polar surface area (TPSA) is 55.1 Å². The molecule has 22 heavy (non-hydrogen) atoms. The van der Waals surface area contributed by atoms with Crippen molar-refractivity contribution in [2.45, 2.75) is 0 Å². The maximum Gasteiger partial charge on any atom is 0.356 e. The Labute approximate surface area is 130 Å². The Morgan fingerprint density at radius 2 is 1.91 bits per heavy atom. The number of carboxylic acids is 1. The average Bonchev–Trinajstić information content (AvgIpc) is 2.93. The third-order valence-electron chi connectivity index (χ3n) is 3.17. The van der Waals surface area contributed by atoms with E-state index in [2.05, 4.69) is 4.98 Å². The monoisotopic (exact) mass is 316 g/mol. The predicted octanol–water partition coefficient (Wildman–Crippen LogP) is 4.03. The summed E-state index contributed by atoms with van der Waals surface area (Å²) < 4.78 is 14.7. The number of hydrogen-bond acceptors (Lipinski definition) is 2. The van der Waals surface area contributed by atoms with Crippen molar-refractivity contribution in [3.8, 4) is 16.9 Å². The molecule has 0 radical (unpaired) electrons. The lowest BCUT2D eigenvalue weighted by molar-refractivity contribution is 0.0692. The average molecular weight is 317 g/mol. The first-order valence-corrected chi connectivity index (χ1v) is 6.76. The van der Waals surface area contributed by atoms with Crippen molar-refractivity contribution in [2.24, 2.45) is 0 Å². The molecule has 3 aromatic rings. The summed E-state index contributed by atoms with van der Waals surface area (Å²) in [5.41, 5.74) is 1.49. The van der Waals surface area contributed by atoms with Crippen molar-refractivity contribution in [3.05, 3.63) is 71.4 Å². The van der Waals surface area contributed by atoms with Gasteiger partial charge in [0.2, 0.25) is 0 Å². The molecular formula is C16H10ClFN2O2. The van der Waals surface area contributed by atoms with Gasteiger partial charge in [-0.25, -0.2) is 14.2 Å². The van der Waals surface area contributed by atoms with Crippen LogP contribution in [-0.2, 0) is 0 Å². The van der Waals surface area contributed by atoms with Gasteiger partial charge in [-0.15, -0.1) is 0 Å². The quantitative estimate of drug-likeness (QED) is 0.793. The summed E-state index contributed by atoms with van der Waals surface area (Å²) in [7, 11) is 0. The number of aromatic carboxylic acids is 1. The minimum Gasteiger partial charge on any atom is -0.476 e. The fourth-order valence-electron chi connectivity index (χ4n) is 2.21. The van der Waals surface area contributed by atoms with Gasteiger partial charge in [0.05, 0.1) is 5.69 Å². The molecule has 110 valence electrons. The van der Waals surface area contributed by atoms with Crippen LogP contribution in [0.15, 0.2) is 54.9 Å². The van der Waals surface area contributed by atoms with Crippen LogP contribution in [-0.4, -0.2) is 20.6 Å². The summed E-state index contributed by atoms with van der Waals surface area (Å²) in [4.78, 5) is 15.3. The van der Waals surface area contributed by atoms with E-state index in [4.69, 9.17) is 11.6 Å². The number of carboxylic acid groups (broad SMARTS) is 1. The van der Waals surface area contributed by atoms with Crippen molar-refractivity contribution in [3.63, 3.8) is 0 Å². The van der Waals surface area contributed by atoms with Crippen LogP contribution in [0.3, 0.4) is 0 Å². The Morgan fingerprint density at radius 3 is 2.55 bits per heavy atom. The zero-order valence-corrected chi connectivity index (χ0v) is 12.0. The Balaban J connectivity index is 2.24. The summed E-state index contributed by atoms with van der Waals surface area (Å²) >= 11 is 5.98. The molecule has 0 aliphatic rings. The molecule has 3 rings (SSSR count). The van der Waals surface area contributed by atoms with Gasteiger partial charge in [-0.1, -0.05) is 17.7 Å². The summed E-state index contributed by atoms with van der Waals surface area (Å²) in [5.74, 6) is -1.55. The molecule has 0 saturated heterocycles. The normalized spacial score (nSPS) is 10.6. The second kappa shape index (κ2) is 5.61. The largest absolute Gasteiger partial charge is 0.476 e. The highest BCUT2D eigenvalue weighted by atomic mass is 35.5. The van der Waals surface area contributed by atoms with E-state index in [9.17, 15) is 14.3 Å². The second-order valence-electron chi connectivity index (χ2n) is 4.60. The van der Waals surface area contributed by atoms with E-state index < -0.39 is 11.8 Å². The van der Waals surface area contributed by atoms with Crippen LogP contribution < -0.4 is 0 Å². The molecule has 0 unspecified atom stereocenters. The van der Waals surface area contributed by atoms with Gasteiger partial charge in [0.15, 0.2) is 5.69 Å². The number of nitrogens with zero attached hydrogens (tertiary/aromatic N) is 2. The van der Waals surface area contributed by atoms with Crippen molar-refractivity contribution in [2.75, 3.05) is 0 Å². The molecule has 0 aliphatic carbocycles. The zero-order valence-electron chi connectivity index (χ0n) is 11.2. The van der Waals surface area contributed by atoms with Gasteiger partial charge in [0, 0.05) is 16.3 Å². The molecule has 0 fully saturated rings. The molecule has 1 heterocycles. The number of hydrogen-bond donors (Lipinski definition) is 1. The van der Waals surface area contributed by atoms with E-state index in [0.29, 0.717) is 22.0 Å². The highest BCUT2D eigenvalue weighted by Gasteiger charge is 2.19. The minimum absolute atomic E-state index is 0.105. The van der Waals surface area contributed by atoms with E-state index in [1.807, 2.05) is 0 Å². The lowest BCUT2D eigenvalue weighted by atomic mass is 10.1.